The molecule has 0 aromatic rings. The van der Waals surface area contributed by atoms with Gasteiger partial charge < -0.3 is 0 Å². The van der Waals surface area contributed by atoms with E-state index in [1.54, 1.807) is 0 Å². The fourth-order valence-corrected chi connectivity index (χ4v) is 2.06. The van der Waals surface area contributed by atoms with E-state index in [1.807, 2.05) is 0 Å². The zero-order valence-electron chi connectivity index (χ0n) is 7.04. The third kappa shape index (κ3) is 8.22. The van der Waals surface area contributed by atoms with E-state index in [0.717, 1.165) is 0 Å². The summed E-state index contributed by atoms with van der Waals surface area (Å²) in [5, 5.41) is 0. The van der Waals surface area contributed by atoms with E-state index >= 15 is 0 Å². The van der Waals surface area contributed by atoms with Gasteiger partial charge in [0.25, 0.3) is 0 Å². The summed E-state index contributed by atoms with van der Waals surface area (Å²) in [5.41, 5.74) is 0. The Hall–Kier alpha value is 0.217. The van der Waals surface area contributed by atoms with Crippen LogP contribution in [0.3, 0.4) is 0 Å². The van der Waals surface area contributed by atoms with E-state index in [0.29, 0.717) is 0 Å². The highest BCUT2D eigenvalue weighted by molar-refractivity contribution is 6.79. The monoisotopic (exact) mass is 143 g/mol. The summed E-state index contributed by atoms with van der Waals surface area (Å²) in [4.78, 5) is 0. The van der Waals surface area contributed by atoms with Crippen molar-refractivity contribution in [2.45, 2.75) is 45.3 Å². The standard InChI is InChI=1S/C8H19Si/c1-5-6-7-8-9(2,3)4/h2,5-8H2,1,3-4H3. The van der Waals surface area contributed by atoms with E-state index < -0.39 is 8.07 Å². The van der Waals surface area contributed by atoms with Crippen molar-refractivity contribution in [1.29, 1.82) is 0 Å². The minimum Gasteiger partial charge on any atom is -0.0694 e. The van der Waals surface area contributed by atoms with Gasteiger partial charge in [0, 0.05) is 8.07 Å². The van der Waals surface area contributed by atoms with Crippen molar-refractivity contribution in [3.05, 3.63) is 6.55 Å². The van der Waals surface area contributed by atoms with Gasteiger partial charge in [-0.1, -0.05) is 51.9 Å². The summed E-state index contributed by atoms with van der Waals surface area (Å²) < 4.78 is 0. The smallest absolute Gasteiger partial charge is 0.0470 e. The Balaban J connectivity index is 3.07. The Labute approximate surface area is 60.7 Å². The molecule has 0 rings (SSSR count). The highest BCUT2D eigenvalue weighted by atomic mass is 28.3. The second kappa shape index (κ2) is 4.10. The van der Waals surface area contributed by atoms with Gasteiger partial charge in [0.1, 0.15) is 0 Å². The predicted octanol–water partition coefficient (Wildman–Crippen LogP) is 3.26. The summed E-state index contributed by atoms with van der Waals surface area (Å²) in [5.74, 6) is 0. The Bertz CT molecular complexity index is 61.5. The topological polar surface area (TPSA) is 0 Å². The molecule has 0 unspecified atom stereocenters. The van der Waals surface area contributed by atoms with Gasteiger partial charge in [-0.05, 0) is 0 Å². The van der Waals surface area contributed by atoms with Gasteiger partial charge in [0.15, 0.2) is 0 Å². The van der Waals surface area contributed by atoms with Crippen LogP contribution in [0.15, 0.2) is 0 Å². The Kier molecular flexibility index (Phi) is 4.20. The molecule has 0 heterocycles. The molecule has 1 radical (unpaired) electrons. The van der Waals surface area contributed by atoms with Gasteiger partial charge in [0.2, 0.25) is 0 Å². The van der Waals surface area contributed by atoms with E-state index in [1.165, 1.54) is 25.3 Å². The summed E-state index contributed by atoms with van der Waals surface area (Å²) in [6.07, 6.45) is 4.13. The molecule has 0 N–H and O–H groups in total. The van der Waals surface area contributed by atoms with Gasteiger partial charge in [-0.15, -0.1) is 0 Å². The fraction of sp³-hybridized carbons (Fsp3) is 0.875. The summed E-state index contributed by atoms with van der Waals surface area (Å²) in [6, 6.07) is 1.40. The molecule has 0 bridgehead atoms. The highest BCUT2D eigenvalue weighted by Crippen LogP contribution is 2.12. The van der Waals surface area contributed by atoms with Crippen molar-refractivity contribution in [1.82, 2.24) is 0 Å². The second-order valence-corrected chi connectivity index (χ2v) is 8.45. The molecule has 0 saturated carbocycles. The van der Waals surface area contributed by atoms with Crippen LogP contribution >= 0.6 is 0 Å². The quantitative estimate of drug-likeness (QED) is 0.418. The Morgan fingerprint density at radius 1 is 1.22 bits per heavy atom. The van der Waals surface area contributed by atoms with Crippen LogP contribution < -0.4 is 0 Å². The van der Waals surface area contributed by atoms with Crippen molar-refractivity contribution in [2.24, 2.45) is 0 Å². The molecule has 0 nitrogen and oxygen atoms in total. The van der Waals surface area contributed by atoms with E-state index in [9.17, 15) is 0 Å². The molecule has 0 atom stereocenters. The molecule has 0 fully saturated rings. The lowest BCUT2D eigenvalue weighted by Crippen LogP contribution is -2.19. The van der Waals surface area contributed by atoms with Gasteiger partial charge in [-0.25, -0.2) is 0 Å². The maximum absolute atomic E-state index is 4.18. The van der Waals surface area contributed by atoms with Crippen molar-refractivity contribution in [3.63, 3.8) is 0 Å². The summed E-state index contributed by atoms with van der Waals surface area (Å²) in [7, 11) is -0.944. The van der Waals surface area contributed by atoms with Crippen LogP contribution in [0.4, 0.5) is 0 Å². The lowest BCUT2D eigenvalue weighted by atomic mass is 10.3. The fourth-order valence-electron chi connectivity index (χ4n) is 0.854. The molecule has 0 aromatic carbocycles. The third-order valence-electron chi connectivity index (χ3n) is 1.46. The molecule has 1 heteroatoms. The van der Waals surface area contributed by atoms with Gasteiger partial charge in [-0.3, -0.25) is 0 Å². The van der Waals surface area contributed by atoms with Gasteiger partial charge in [-0.2, -0.15) is 0 Å². The number of hydrogen-bond acceptors (Lipinski definition) is 0. The molecule has 0 aliphatic rings. The lowest BCUT2D eigenvalue weighted by Gasteiger charge is -2.14. The first-order chi connectivity index (χ1) is 4.06. The summed E-state index contributed by atoms with van der Waals surface area (Å²) >= 11 is 0. The third-order valence-corrected chi connectivity index (χ3v) is 3.16. The second-order valence-electron chi connectivity index (χ2n) is 3.62. The van der Waals surface area contributed by atoms with Crippen molar-refractivity contribution >= 4 is 8.07 Å². The van der Waals surface area contributed by atoms with Crippen LogP contribution in [0, 0.1) is 6.55 Å². The molecule has 9 heavy (non-hydrogen) atoms. The predicted molar refractivity (Wildman–Crippen MR) is 47.2 cm³/mol. The van der Waals surface area contributed by atoms with Crippen LogP contribution in [-0.4, -0.2) is 8.07 Å². The molecule has 0 spiro atoms. The van der Waals surface area contributed by atoms with Crippen molar-refractivity contribution < 1.29 is 0 Å². The van der Waals surface area contributed by atoms with E-state index in [-0.39, 0.29) is 0 Å². The normalized spacial score (nSPS) is 12.0. The zero-order valence-corrected chi connectivity index (χ0v) is 8.04. The minimum absolute atomic E-state index is 0.944. The largest absolute Gasteiger partial charge is 0.0694 e. The van der Waals surface area contributed by atoms with E-state index in [2.05, 4.69) is 26.6 Å². The average Bonchev–Trinajstić information content (AvgIpc) is 1.63. The first-order valence-corrected chi connectivity index (χ1v) is 7.33. The maximum atomic E-state index is 4.18. The summed E-state index contributed by atoms with van der Waals surface area (Å²) in [6.45, 7) is 11.1. The zero-order chi connectivity index (χ0) is 7.33. The molecular weight excluding hydrogens is 124 g/mol. The lowest BCUT2D eigenvalue weighted by molar-refractivity contribution is 0.764. The molecule has 0 amide bonds. The van der Waals surface area contributed by atoms with E-state index in [4.69, 9.17) is 0 Å². The molecule has 0 aromatic heterocycles. The van der Waals surface area contributed by atoms with Crippen LogP contribution in [0.5, 0.6) is 0 Å². The van der Waals surface area contributed by atoms with Crippen molar-refractivity contribution in [2.75, 3.05) is 0 Å². The van der Waals surface area contributed by atoms with Gasteiger partial charge in [0.05, 0.1) is 0 Å². The number of hydrogen-bond donors (Lipinski definition) is 0. The SMILES string of the molecule is [CH2][Si](C)(C)CCCCC. The first kappa shape index (κ1) is 9.22. The molecule has 0 aliphatic heterocycles. The van der Waals surface area contributed by atoms with Crippen LogP contribution in [0.2, 0.25) is 19.1 Å². The maximum Gasteiger partial charge on any atom is 0.0470 e. The van der Waals surface area contributed by atoms with Crippen LogP contribution in [0.25, 0.3) is 0 Å². The van der Waals surface area contributed by atoms with Crippen molar-refractivity contribution in [3.8, 4) is 0 Å². The van der Waals surface area contributed by atoms with Crippen LogP contribution in [0.1, 0.15) is 26.2 Å². The molecule has 0 aliphatic carbocycles. The van der Waals surface area contributed by atoms with Gasteiger partial charge >= 0.3 is 0 Å². The Morgan fingerprint density at radius 3 is 2.11 bits per heavy atom. The van der Waals surface area contributed by atoms with Crippen LogP contribution in [-0.2, 0) is 0 Å². The minimum atomic E-state index is -0.944. The molecule has 0 saturated heterocycles. The first-order valence-electron chi connectivity index (χ1n) is 3.91. The average molecular weight is 143 g/mol. The molecule has 55 valence electrons. The Morgan fingerprint density at radius 2 is 1.78 bits per heavy atom. The number of unbranched alkanes of at least 4 members (excludes halogenated alkanes) is 2. The highest BCUT2D eigenvalue weighted by Gasteiger charge is 2.10. The molecular formula is C8H19Si. The number of rotatable bonds is 4.